The van der Waals surface area contributed by atoms with Gasteiger partial charge >= 0.3 is 0 Å². The second kappa shape index (κ2) is 7.01. The Morgan fingerprint density at radius 3 is 3.00 bits per heavy atom. The van der Waals surface area contributed by atoms with Gasteiger partial charge in [0.2, 0.25) is 5.91 Å². The first-order valence-corrected chi connectivity index (χ1v) is 7.37. The molecule has 7 heteroatoms. The van der Waals surface area contributed by atoms with Gasteiger partial charge in [-0.25, -0.2) is 0 Å². The monoisotopic (exact) mass is 343 g/mol. The Balaban J connectivity index is 1.77. The van der Waals surface area contributed by atoms with E-state index in [0.717, 1.165) is 4.47 Å². The molecule has 20 heavy (non-hydrogen) atoms. The summed E-state index contributed by atoms with van der Waals surface area (Å²) in [7, 11) is 0. The molecule has 0 bridgehead atoms. The molecule has 1 aromatic rings. The van der Waals surface area contributed by atoms with Gasteiger partial charge in [-0.3, -0.25) is 9.59 Å². The number of rotatable bonds is 5. The van der Waals surface area contributed by atoms with Crippen molar-refractivity contribution in [3.8, 4) is 0 Å². The summed E-state index contributed by atoms with van der Waals surface area (Å²) >= 11 is 3.29. The minimum atomic E-state index is -0.400. The van der Waals surface area contributed by atoms with Crippen LogP contribution in [0.4, 0.5) is 0 Å². The maximum Gasteiger partial charge on any atom is 0.250 e. The molecule has 1 fully saturated rings. The van der Waals surface area contributed by atoms with Gasteiger partial charge in [0.15, 0.2) is 0 Å². The van der Waals surface area contributed by atoms with Crippen LogP contribution in [0.15, 0.2) is 27.6 Å². The zero-order chi connectivity index (χ0) is 14.5. The zero-order valence-corrected chi connectivity index (χ0v) is 12.6. The molecule has 3 N–H and O–H groups in total. The Kier molecular flexibility index (Phi) is 5.33. The van der Waals surface area contributed by atoms with E-state index in [2.05, 4.69) is 26.6 Å². The van der Waals surface area contributed by atoms with Gasteiger partial charge in [0, 0.05) is 55.3 Å². The maximum absolute atomic E-state index is 11.7. The molecule has 0 spiro atoms. The molecular formula is C13H18BrN3O3. The number of aliphatic hydroxyl groups is 1. The van der Waals surface area contributed by atoms with Crippen LogP contribution >= 0.6 is 15.9 Å². The maximum atomic E-state index is 11.7. The van der Waals surface area contributed by atoms with Crippen molar-refractivity contribution in [3.05, 3.63) is 33.2 Å². The number of aryl methyl sites for hydroxylation is 1. The van der Waals surface area contributed by atoms with Crippen molar-refractivity contribution in [2.45, 2.75) is 19.1 Å². The van der Waals surface area contributed by atoms with E-state index in [-0.39, 0.29) is 23.8 Å². The number of hydrogen-bond acceptors (Lipinski definition) is 4. The van der Waals surface area contributed by atoms with Crippen LogP contribution in [-0.4, -0.2) is 41.3 Å². The third-order valence-corrected chi connectivity index (χ3v) is 3.86. The fraction of sp³-hybridized carbons (Fsp3) is 0.538. The predicted octanol–water partition coefficient (Wildman–Crippen LogP) is -0.303. The molecule has 1 aromatic heterocycles. The highest BCUT2D eigenvalue weighted by Gasteiger charge is 2.24. The summed E-state index contributed by atoms with van der Waals surface area (Å²) in [6, 6.07) is 3.13. The number of β-amino-alcohol motifs (C(OH)–C–C–N with tert-alkyl or cyclic N) is 1. The third kappa shape index (κ3) is 4.16. The number of aliphatic hydroxyl groups excluding tert-OH is 1. The summed E-state index contributed by atoms with van der Waals surface area (Å²) in [5.41, 5.74) is -0.128. The average molecular weight is 344 g/mol. The Labute approximate surface area is 125 Å². The largest absolute Gasteiger partial charge is 0.391 e. The van der Waals surface area contributed by atoms with Crippen LogP contribution in [0.25, 0.3) is 0 Å². The van der Waals surface area contributed by atoms with E-state index >= 15 is 0 Å². The number of aromatic nitrogens is 1. The third-order valence-electron chi connectivity index (χ3n) is 3.39. The first-order valence-electron chi connectivity index (χ1n) is 6.58. The summed E-state index contributed by atoms with van der Waals surface area (Å²) in [6.45, 7) is 2.09. The number of amides is 1. The van der Waals surface area contributed by atoms with Crippen molar-refractivity contribution in [1.29, 1.82) is 0 Å². The smallest absolute Gasteiger partial charge is 0.250 e. The van der Waals surface area contributed by atoms with Crippen LogP contribution in [0.5, 0.6) is 0 Å². The highest BCUT2D eigenvalue weighted by Crippen LogP contribution is 2.07. The van der Waals surface area contributed by atoms with Crippen LogP contribution in [0.2, 0.25) is 0 Å². The van der Waals surface area contributed by atoms with E-state index in [0.29, 0.717) is 26.2 Å². The molecule has 1 amide bonds. The van der Waals surface area contributed by atoms with E-state index < -0.39 is 6.10 Å². The molecule has 2 rings (SSSR count). The lowest BCUT2D eigenvalue weighted by Crippen LogP contribution is -2.35. The van der Waals surface area contributed by atoms with Gasteiger partial charge in [0.1, 0.15) is 0 Å². The van der Waals surface area contributed by atoms with Crippen molar-refractivity contribution < 1.29 is 9.90 Å². The number of hydrogen-bond donors (Lipinski definition) is 3. The molecule has 0 saturated carbocycles. The van der Waals surface area contributed by atoms with Crippen LogP contribution in [0, 0.1) is 5.92 Å². The molecule has 0 aliphatic carbocycles. The van der Waals surface area contributed by atoms with Crippen LogP contribution in [-0.2, 0) is 11.3 Å². The summed E-state index contributed by atoms with van der Waals surface area (Å²) in [5, 5.41) is 15.5. The minimum Gasteiger partial charge on any atom is -0.391 e. The lowest BCUT2D eigenvalue weighted by Gasteiger charge is -2.14. The number of carbonyl (C=O) groups is 1. The molecule has 2 heterocycles. The topological polar surface area (TPSA) is 83.4 Å². The first-order chi connectivity index (χ1) is 9.56. The summed E-state index contributed by atoms with van der Waals surface area (Å²) in [6.07, 6.45) is 1.51. The predicted molar refractivity (Wildman–Crippen MR) is 78.4 cm³/mol. The van der Waals surface area contributed by atoms with Crippen molar-refractivity contribution >= 4 is 21.8 Å². The molecule has 2 atom stereocenters. The van der Waals surface area contributed by atoms with Crippen molar-refractivity contribution in [1.82, 2.24) is 15.2 Å². The molecule has 1 aliphatic heterocycles. The zero-order valence-electron chi connectivity index (χ0n) is 11.0. The molecule has 2 unspecified atom stereocenters. The Morgan fingerprint density at radius 1 is 1.50 bits per heavy atom. The normalized spacial score (nSPS) is 21.9. The van der Waals surface area contributed by atoms with Gasteiger partial charge in [-0.05, 0) is 22.0 Å². The van der Waals surface area contributed by atoms with Crippen LogP contribution < -0.4 is 16.2 Å². The SMILES string of the molecule is O=C(CCn1cc(Br)ccc1=O)NCC1CNCC1O. The first kappa shape index (κ1) is 15.2. The number of halogens is 1. The van der Waals surface area contributed by atoms with Crippen molar-refractivity contribution in [3.63, 3.8) is 0 Å². The molecule has 6 nitrogen and oxygen atoms in total. The Morgan fingerprint density at radius 2 is 2.30 bits per heavy atom. The lowest BCUT2D eigenvalue weighted by atomic mass is 10.1. The van der Waals surface area contributed by atoms with Crippen LogP contribution in [0.3, 0.4) is 0 Å². The minimum absolute atomic E-state index is 0.0625. The van der Waals surface area contributed by atoms with E-state index in [1.165, 1.54) is 10.6 Å². The lowest BCUT2D eigenvalue weighted by molar-refractivity contribution is -0.121. The number of nitrogens with zero attached hydrogens (tertiary/aromatic N) is 1. The molecule has 1 saturated heterocycles. The number of nitrogens with one attached hydrogen (secondary N) is 2. The van der Waals surface area contributed by atoms with Crippen LogP contribution in [0.1, 0.15) is 6.42 Å². The fourth-order valence-electron chi connectivity index (χ4n) is 2.16. The van der Waals surface area contributed by atoms with Gasteiger partial charge in [-0.2, -0.15) is 0 Å². The Bertz CT molecular complexity index is 532. The second-order valence-electron chi connectivity index (χ2n) is 4.92. The summed E-state index contributed by atoms with van der Waals surface area (Å²) in [5.74, 6) is -0.0523. The second-order valence-corrected chi connectivity index (χ2v) is 5.83. The van der Waals surface area contributed by atoms with Gasteiger partial charge in [-0.15, -0.1) is 0 Å². The highest BCUT2D eigenvalue weighted by atomic mass is 79.9. The van der Waals surface area contributed by atoms with Gasteiger partial charge in [-0.1, -0.05) is 0 Å². The molecule has 0 aromatic carbocycles. The number of pyridine rings is 1. The quantitative estimate of drug-likeness (QED) is 0.685. The number of carbonyl (C=O) groups excluding carboxylic acids is 1. The molecule has 110 valence electrons. The van der Waals surface area contributed by atoms with Crippen molar-refractivity contribution in [2.75, 3.05) is 19.6 Å². The fourth-order valence-corrected chi connectivity index (χ4v) is 2.54. The van der Waals surface area contributed by atoms with E-state index in [4.69, 9.17) is 0 Å². The van der Waals surface area contributed by atoms with E-state index in [1.54, 1.807) is 12.3 Å². The molecule has 0 radical (unpaired) electrons. The molecular weight excluding hydrogens is 326 g/mol. The van der Waals surface area contributed by atoms with Gasteiger partial charge in [0.05, 0.1) is 6.10 Å². The Hall–Kier alpha value is -1.18. The van der Waals surface area contributed by atoms with E-state index in [9.17, 15) is 14.7 Å². The van der Waals surface area contributed by atoms with Gasteiger partial charge in [0.25, 0.3) is 5.56 Å². The average Bonchev–Trinajstić information content (AvgIpc) is 2.83. The van der Waals surface area contributed by atoms with Gasteiger partial charge < -0.3 is 20.3 Å². The summed E-state index contributed by atoms with van der Waals surface area (Å²) < 4.78 is 2.30. The molecule has 1 aliphatic rings. The highest BCUT2D eigenvalue weighted by molar-refractivity contribution is 9.10. The standard InChI is InChI=1S/C13H18BrN3O3/c14-10-1-2-13(20)17(8-10)4-3-12(19)16-6-9-5-15-7-11(9)18/h1-2,8-9,11,15,18H,3-7H2,(H,16,19). The van der Waals surface area contributed by atoms with E-state index in [1.807, 2.05) is 0 Å². The van der Waals surface area contributed by atoms with Crippen molar-refractivity contribution in [2.24, 2.45) is 5.92 Å². The summed E-state index contributed by atoms with van der Waals surface area (Å²) in [4.78, 5) is 23.3.